The van der Waals surface area contributed by atoms with Crippen LogP contribution < -0.4 is 10.1 Å². The Hall–Kier alpha value is -2.36. The molecule has 0 aliphatic carbocycles. The summed E-state index contributed by atoms with van der Waals surface area (Å²) in [6, 6.07) is 7.75. The predicted molar refractivity (Wildman–Crippen MR) is 114 cm³/mol. The monoisotopic (exact) mass is 435 g/mol. The number of piperidine rings is 1. The topological polar surface area (TPSA) is 101 Å². The van der Waals surface area contributed by atoms with E-state index in [1.165, 1.54) is 7.11 Å². The summed E-state index contributed by atoms with van der Waals surface area (Å²) in [6.07, 6.45) is 0.694. The lowest BCUT2D eigenvalue weighted by Crippen LogP contribution is -2.42. The number of aliphatic hydroxyl groups excluding tert-OH is 1. The summed E-state index contributed by atoms with van der Waals surface area (Å²) < 4.78 is 15.4. The van der Waals surface area contributed by atoms with Crippen LogP contribution >= 0.6 is 0 Å². The molecule has 172 valence electrons. The Morgan fingerprint density at radius 3 is 2.65 bits per heavy atom. The molecule has 1 aromatic rings. The van der Waals surface area contributed by atoms with E-state index in [1.807, 2.05) is 24.3 Å². The van der Waals surface area contributed by atoms with Gasteiger partial charge in [0.15, 0.2) is 0 Å². The number of carbonyl (C=O) groups excluding carboxylic acids is 2. The number of nitrogens with one attached hydrogen (secondary N) is 1. The van der Waals surface area contributed by atoms with Gasteiger partial charge in [-0.15, -0.1) is 0 Å². The molecular formula is C22H33N3O6. The minimum atomic E-state index is -0.590. The van der Waals surface area contributed by atoms with Crippen LogP contribution in [0.2, 0.25) is 0 Å². The number of β-amino-alcohol motifs (C(OH)–C–C–N with tert-alkyl or cyclic N) is 1. The number of hydrogen-bond donors (Lipinski definition) is 2. The van der Waals surface area contributed by atoms with Crippen molar-refractivity contribution >= 4 is 12.1 Å². The lowest BCUT2D eigenvalue weighted by atomic mass is 9.97. The van der Waals surface area contributed by atoms with Gasteiger partial charge in [0.25, 0.3) is 0 Å². The average molecular weight is 436 g/mol. The fraction of sp³-hybridized carbons (Fsp3) is 0.636. The summed E-state index contributed by atoms with van der Waals surface area (Å²) in [5, 5.41) is 13.6. The number of amides is 1. The molecule has 2 heterocycles. The van der Waals surface area contributed by atoms with Crippen LogP contribution in [0.5, 0.6) is 5.75 Å². The summed E-state index contributed by atoms with van der Waals surface area (Å²) in [4.78, 5) is 26.8. The Kier molecular flexibility index (Phi) is 8.93. The second-order valence-corrected chi connectivity index (χ2v) is 7.99. The molecule has 2 fully saturated rings. The zero-order valence-corrected chi connectivity index (χ0v) is 18.1. The average Bonchev–Trinajstić information content (AvgIpc) is 3.20. The highest BCUT2D eigenvalue weighted by Gasteiger charge is 2.26. The first-order valence-electron chi connectivity index (χ1n) is 10.9. The number of esters is 1. The minimum absolute atomic E-state index is 0.0284. The number of cyclic esters (lactones) is 1. The third-order valence-electron chi connectivity index (χ3n) is 5.69. The van der Waals surface area contributed by atoms with Crippen molar-refractivity contribution in [1.29, 1.82) is 0 Å². The smallest absolute Gasteiger partial charge is 0.409 e. The molecule has 3 rings (SSSR count). The van der Waals surface area contributed by atoms with Crippen molar-refractivity contribution in [2.24, 2.45) is 5.92 Å². The molecule has 1 atom stereocenters. The van der Waals surface area contributed by atoms with Gasteiger partial charge < -0.3 is 34.4 Å². The molecule has 2 saturated heterocycles. The lowest BCUT2D eigenvalue weighted by molar-refractivity contribution is -0.147. The third kappa shape index (κ3) is 7.37. The maximum atomic E-state index is 11.6. The summed E-state index contributed by atoms with van der Waals surface area (Å²) >= 11 is 0. The van der Waals surface area contributed by atoms with Gasteiger partial charge in [-0.3, -0.25) is 4.79 Å². The van der Waals surface area contributed by atoms with Gasteiger partial charge in [0.1, 0.15) is 25.1 Å². The molecule has 0 aromatic heterocycles. The fourth-order valence-electron chi connectivity index (χ4n) is 3.84. The molecule has 9 heteroatoms. The van der Waals surface area contributed by atoms with Crippen LogP contribution in [0.1, 0.15) is 18.4 Å². The Morgan fingerprint density at radius 1 is 1.26 bits per heavy atom. The molecule has 1 amide bonds. The van der Waals surface area contributed by atoms with E-state index >= 15 is 0 Å². The number of benzene rings is 1. The molecule has 0 saturated carbocycles. The molecule has 0 spiro atoms. The van der Waals surface area contributed by atoms with Crippen molar-refractivity contribution in [3.63, 3.8) is 0 Å². The highest BCUT2D eigenvalue weighted by molar-refractivity contribution is 5.72. The molecule has 9 nitrogen and oxygen atoms in total. The van der Waals surface area contributed by atoms with Gasteiger partial charge in [0.2, 0.25) is 0 Å². The minimum Gasteiger partial charge on any atom is -0.491 e. The van der Waals surface area contributed by atoms with Crippen LogP contribution in [-0.4, -0.2) is 92.7 Å². The molecule has 0 bridgehead atoms. The largest absolute Gasteiger partial charge is 0.491 e. The van der Waals surface area contributed by atoms with Crippen molar-refractivity contribution in [3.8, 4) is 5.75 Å². The van der Waals surface area contributed by atoms with Crippen molar-refractivity contribution in [1.82, 2.24) is 15.1 Å². The number of nitrogens with zero attached hydrogens (tertiary/aromatic N) is 2. The second kappa shape index (κ2) is 11.9. The zero-order chi connectivity index (χ0) is 22.1. The number of rotatable bonds is 11. The van der Waals surface area contributed by atoms with E-state index in [9.17, 15) is 14.7 Å². The molecule has 0 radical (unpaired) electrons. The van der Waals surface area contributed by atoms with Crippen LogP contribution in [0.15, 0.2) is 24.3 Å². The third-order valence-corrected chi connectivity index (χ3v) is 5.69. The van der Waals surface area contributed by atoms with Crippen LogP contribution in [0, 0.1) is 5.92 Å². The van der Waals surface area contributed by atoms with Crippen molar-refractivity contribution in [3.05, 3.63) is 29.8 Å². The SMILES string of the molecule is COC(=O)C1CCN(C[C@H](O)COc2ccc(CNCCN3CCOC3=O)cc2)CC1. The van der Waals surface area contributed by atoms with Gasteiger partial charge in [0, 0.05) is 26.2 Å². The molecule has 2 N–H and O–H groups in total. The number of likely N-dealkylation sites (tertiary alicyclic amines) is 1. The molecule has 2 aliphatic rings. The summed E-state index contributed by atoms with van der Waals surface area (Å²) in [7, 11) is 1.42. The Bertz CT molecular complexity index is 706. The van der Waals surface area contributed by atoms with E-state index in [1.54, 1.807) is 4.90 Å². The Balaban J connectivity index is 1.29. The first kappa shape index (κ1) is 23.3. The van der Waals surface area contributed by atoms with Crippen LogP contribution in [0.25, 0.3) is 0 Å². The Labute approximate surface area is 183 Å². The zero-order valence-electron chi connectivity index (χ0n) is 18.1. The van der Waals surface area contributed by atoms with Gasteiger partial charge in [-0.05, 0) is 43.6 Å². The standard InChI is InChI=1S/C22H33N3O6/c1-29-21(27)18-6-9-24(10-7-18)15-19(26)16-31-20-4-2-17(3-5-20)14-23-8-11-25-12-13-30-22(25)28/h2-5,18-19,23,26H,6-16H2,1H3/t19-/m0/s1. The van der Waals surface area contributed by atoms with E-state index < -0.39 is 6.10 Å². The molecule has 2 aliphatic heterocycles. The Morgan fingerprint density at radius 2 is 2.00 bits per heavy atom. The van der Waals surface area contributed by atoms with E-state index in [4.69, 9.17) is 14.2 Å². The molecule has 0 unspecified atom stereocenters. The number of ether oxygens (including phenoxy) is 3. The van der Waals surface area contributed by atoms with Gasteiger partial charge in [-0.25, -0.2) is 4.79 Å². The summed E-state index contributed by atoms with van der Waals surface area (Å²) in [5.74, 6) is 0.546. The first-order chi connectivity index (χ1) is 15.0. The normalized spacial score (nSPS) is 18.6. The highest BCUT2D eigenvalue weighted by atomic mass is 16.6. The molecular weight excluding hydrogens is 402 g/mol. The number of carbonyl (C=O) groups is 2. The van der Waals surface area contributed by atoms with Gasteiger partial charge in [-0.2, -0.15) is 0 Å². The van der Waals surface area contributed by atoms with Gasteiger partial charge in [0.05, 0.1) is 19.6 Å². The predicted octanol–water partition coefficient (Wildman–Crippen LogP) is 0.853. The van der Waals surface area contributed by atoms with E-state index in [0.717, 1.165) is 31.5 Å². The van der Waals surface area contributed by atoms with E-state index in [0.29, 0.717) is 45.1 Å². The maximum Gasteiger partial charge on any atom is 0.409 e. The number of aliphatic hydroxyl groups is 1. The van der Waals surface area contributed by atoms with Crippen molar-refractivity contribution < 1.29 is 28.9 Å². The summed E-state index contributed by atoms with van der Waals surface area (Å²) in [5.41, 5.74) is 1.12. The number of methoxy groups -OCH3 is 1. The van der Waals surface area contributed by atoms with Crippen LogP contribution in [0.4, 0.5) is 4.79 Å². The van der Waals surface area contributed by atoms with Crippen molar-refractivity contribution in [2.75, 3.05) is 59.6 Å². The van der Waals surface area contributed by atoms with E-state index in [-0.39, 0.29) is 24.6 Å². The van der Waals surface area contributed by atoms with Crippen molar-refractivity contribution in [2.45, 2.75) is 25.5 Å². The van der Waals surface area contributed by atoms with E-state index in [2.05, 4.69) is 10.2 Å². The quantitative estimate of drug-likeness (QED) is 0.390. The lowest BCUT2D eigenvalue weighted by Gasteiger charge is -2.31. The second-order valence-electron chi connectivity index (χ2n) is 7.99. The summed E-state index contributed by atoms with van der Waals surface area (Å²) in [6.45, 7) is 5.48. The highest BCUT2D eigenvalue weighted by Crippen LogP contribution is 2.19. The van der Waals surface area contributed by atoms with Crippen LogP contribution in [-0.2, 0) is 20.8 Å². The van der Waals surface area contributed by atoms with Gasteiger partial charge >= 0.3 is 12.1 Å². The van der Waals surface area contributed by atoms with Crippen LogP contribution in [0.3, 0.4) is 0 Å². The molecule has 31 heavy (non-hydrogen) atoms. The number of hydrogen-bond acceptors (Lipinski definition) is 8. The fourth-order valence-corrected chi connectivity index (χ4v) is 3.84. The van der Waals surface area contributed by atoms with Gasteiger partial charge in [-0.1, -0.05) is 12.1 Å². The maximum absolute atomic E-state index is 11.6. The first-order valence-corrected chi connectivity index (χ1v) is 10.9. The molecule has 1 aromatic carbocycles.